The van der Waals surface area contributed by atoms with Crippen molar-refractivity contribution < 1.29 is 0 Å². The van der Waals surface area contributed by atoms with Crippen LogP contribution in [0.2, 0.25) is 0 Å². The van der Waals surface area contributed by atoms with Gasteiger partial charge in [-0.15, -0.1) is 0 Å². The maximum absolute atomic E-state index is 4.46. The van der Waals surface area contributed by atoms with Crippen molar-refractivity contribution in [3.63, 3.8) is 0 Å². The van der Waals surface area contributed by atoms with Crippen LogP contribution in [0.15, 0.2) is 21.7 Å². The molecule has 0 aliphatic carbocycles. The van der Waals surface area contributed by atoms with Crippen molar-refractivity contribution in [1.82, 2.24) is 14.8 Å². The van der Waals surface area contributed by atoms with E-state index in [1.165, 1.54) is 5.69 Å². The van der Waals surface area contributed by atoms with Gasteiger partial charge in [-0.1, -0.05) is 0 Å². The first kappa shape index (κ1) is 14.1. The van der Waals surface area contributed by atoms with Crippen LogP contribution >= 0.6 is 15.9 Å². The van der Waals surface area contributed by atoms with E-state index in [0.717, 1.165) is 30.1 Å². The average molecular weight is 301 g/mol. The Hall–Kier alpha value is -0.970. The van der Waals surface area contributed by atoms with Gasteiger partial charge in [-0.25, -0.2) is 0 Å². The molecule has 96 valence electrons. The van der Waals surface area contributed by atoms with Crippen LogP contribution in [-0.4, -0.2) is 35.6 Å². The van der Waals surface area contributed by atoms with E-state index >= 15 is 0 Å². The van der Waals surface area contributed by atoms with Gasteiger partial charge in [0, 0.05) is 43.5 Å². The largest absolute Gasteiger partial charge is 0.357 e. The van der Waals surface area contributed by atoms with Gasteiger partial charge >= 0.3 is 0 Å². The Bertz CT molecular complexity index is 384. The van der Waals surface area contributed by atoms with Crippen LogP contribution in [0, 0.1) is 0 Å². The standard InChI is InChI=1S/C12H21BrN4/c1-5-14-12(15-6-2)17(4)9-11-7-10(13)8-16(11)3/h7-8H,5-6,9H2,1-4H3,(H,14,15). The third kappa shape index (κ3) is 4.07. The first-order chi connectivity index (χ1) is 8.08. The van der Waals surface area contributed by atoms with E-state index < -0.39 is 0 Å². The molecule has 1 heterocycles. The van der Waals surface area contributed by atoms with Gasteiger partial charge in [-0.2, -0.15) is 0 Å². The minimum atomic E-state index is 0.795. The van der Waals surface area contributed by atoms with Gasteiger partial charge in [0.05, 0.1) is 6.54 Å². The lowest BCUT2D eigenvalue weighted by Gasteiger charge is -2.22. The molecule has 0 saturated heterocycles. The number of aliphatic imine (C=N–C) groups is 1. The fourth-order valence-corrected chi connectivity index (χ4v) is 2.23. The summed E-state index contributed by atoms with van der Waals surface area (Å²) in [7, 11) is 4.11. The highest BCUT2D eigenvalue weighted by Gasteiger charge is 2.08. The van der Waals surface area contributed by atoms with Crippen LogP contribution in [0.4, 0.5) is 0 Å². The van der Waals surface area contributed by atoms with E-state index in [-0.39, 0.29) is 0 Å². The molecule has 0 unspecified atom stereocenters. The quantitative estimate of drug-likeness (QED) is 0.683. The van der Waals surface area contributed by atoms with Gasteiger partial charge in [-0.05, 0) is 35.8 Å². The second-order valence-corrected chi connectivity index (χ2v) is 4.86. The lowest BCUT2D eigenvalue weighted by molar-refractivity contribution is 0.462. The third-order valence-corrected chi connectivity index (χ3v) is 2.91. The summed E-state index contributed by atoms with van der Waals surface area (Å²) in [6, 6.07) is 2.13. The molecule has 0 aliphatic heterocycles. The summed E-state index contributed by atoms with van der Waals surface area (Å²) in [6.07, 6.45) is 2.06. The van der Waals surface area contributed by atoms with Crippen molar-refractivity contribution in [3.8, 4) is 0 Å². The highest BCUT2D eigenvalue weighted by molar-refractivity contribution is 9.10. The molecule has 0 radical (unpaired) electrons. The lowest BCUT2D eigenvalue weighted by Crippen LogP contribution is -2.38. The molecule has 4 nitrogen and oxygen atoms in total. The second-order valence-electron chi connectivity index (χ2n) is 3.94. The van der Waals surface area contributed by atoms with E-state index in [4.69, 9.17) is 0 Å². The predicted octanol–water partition coefficient (Wildman–Crippen LogP) is 2.20. The van der Waals surface area contributed by atoms with E-state index in [9.17, 15) is 0 Å². The molecule has 1 rings (SSSR count). The van der Waals surface area contributed by atoms with Gasteiger partial charge in [0.2, 0.25) is 0 Å². The Morgan fingerprint density at radius 2 is 2.24 bits per heavy atom. The minimum Gasteiger partial charge on any atom is -0.357 e. The van der Waals surface area contributed by atoms with E-state index in [0.29, 0.717) is 0 Å². The SMILES string of the molecule is CCN=C(NCC)N(C)Cc1cc(Br)cn1C. The highest BCUT2D eigenvalue weighted by Crippen LogP contribution is 2.14. The summed E-state index contributed by atoms with van der Waals surface area (Å²) < 4.78 is 3.23. The second kappa shape index (κ2) is 6.69. The Morgan fingerprint density at radius 3 is 2.71 bits per heavy atom. The molecule has 0 aromatic carbocycles. The predicted molar refractivity (Wildman–Crippen MR) is 76.2 cm³/mol. The molecule has 0 aliphatic rings. The topological polar surface area (TPSA) is 32.6 Å². The summed E-state index contributed by atoms with van der Waals surface area (Å²) in [5.74, 6) is 0.951. The number of rotatable bonds is 4. The van der Waals surface area contributed by atoms with Gasteiger partial charge in [0.25, 0.3) is 0 Å². The molecule has 17 heavy (non-hydrogen) atoms. The van der Waals surface area contributed by atoms with Crippen molar-refractivity contribution in [3.05, 3.63) is 22.4 Å². The number of hydrogen-bond donors (Lipinski definition) is 1. The van der Waals surface area contributed by atoms with E-state index in [2.05, 4.69) is 69.0 Å². The number of nitrogens with zero attached hydrogens (tertiary/aromatic N) is 3. The molecule has 0 bridgehead atoms. The highest BCUT2D eigenvalue weighted by atomic mass is 79.9. The molecule has 5 heteroatoms. The van der Waals surface area contributed by atoms with Crippen LogP contribution in [0.25, 0.3) is 0 Å². The zero-order valence-corrected chi connectivity index (χ0v) is 12.6. The van der Waals surface area contributed by atoms with Crippen molar-refractivity contribution in [2.45, 2.75) is 20.4 Å². The first-order valence-electron chi connectivity index (χ1n) is 5.88. The molecule has 0 amide bonds. The van der Waals surface area contributed by atoms with Crippen molar-refractivity contribution in [1.29, 1.82) is 0 Å². The first-order valence-corrected chi connectivity index (χ1v) is 6.68. The number of guanidine groups is 1. The van der Waals surface area contributed by atoms with Gasteiger partial charge in [-0.3, -0.25) is 4.99 Å². The fourth-order valence-electron chi connectivity index (χ4n) is 1.66. The summed E-state index contributed by atoms with van der Waals surface area (Å²) in [5, 5.41) is 3.28. The number of halogens is 1. The van der Waals surface area contributed by atoms with Gasteiger partial charge in [0.15, 0.2) is 5.96 Å². The Kier molecular flexibility index (Phi) is 5.55. The molecule has 1 N–H and O–H groups in total. The minimum absolute atomic E-state index is 0.795. The Balaban J connectivity index is 2.72. The number of aromatic nitrogens is 1. The average Bonchev–Trinajstić information content (AvgIpc) is 2.57. The maximum atomic E-state index is 4.46. The smallest absolute Gasteiger partial charge is 0.193 e. The molecule has 1 aromatic heterocycles. The lowest BCUT2D eigenvalue weighted by atomic mass is 10.4. The summed E-state index contributed by atoms with van der Waals surface area (Å²) >= 11 is 3.49. The summed E-state index contributed by atoms with van der Waals surface area (Å²) in [5.41, 5.74) is 1.25. The third-order valence-electron chi connectivity index (χ3n) is 2.48. The van der Waals surface area contributed by atoms with Crippen LogP contribution in [0.1, 0.15) is 19.5 Å². The molecular weight excluding hydrogens is 280 g/mol. The molecule has 0 spiro atoms. The number of hydrogen-bond acceptors (Lipinski definition) is 1. The van der Waals surface area contributed by atoms with Gasteiger partial charge in [0.1, 0.15) is 0 Å². The fraction of sp³-hybridized carbons (Fsp3) is 0.583. The molecule has 1 aromatic rings. The molecule has 0 fully saturated rings. The van der Waals surface area contributed by atoms with Crippen LogP contribution in [-0.2, 0) is 13.6 Å². The number of nitrogens with one attached hydrogen (secondary N) is 1. The van der Waals surface area contributed by atoms with Crippen LogP contribution in [0.3, 0.4) is 0 Å². The zero-order valence-electron chi connectivity index (χ0n) is 11.0. The molecule has 0 saturated carbocycles. The van der Waals surface area contributed by atoms with Crippen molar-refractivity contribution in [2.75, 3.05) is 20.1 Å². The van der Waals surface area contributed by atoms with Crippen LogP contribution in [0.5, 0.6) is 0 Å². The summed E-state index contributed by atoms with van der Waals surface area (Å²) in [6.45, 7) is 6.65. The number of aryl methyl sites for hydroxylation is 1. The van der Waals surface area contributed by atoms with Crippen LogP contribution < -0.4 is 5.32 Å². The molecular formula is C12H21BrN4. The van der Waals surface area contributed by atoms with Crippen molar-refractivity contribution in [2.24, 2.45) is 12.0 Å². The monoisotopic (exact) mass is 300 g/mol. The Labute approximate surface area is 112 Å². The van der Waals surface area contributed by atoms with E-state index in [1.54, 1.807) is 0 Å². The van der Waals surface area contributed by atoms with Gasteiger partial charge < -0.3 is 14.8 Å². The zero-order chi connectivity index (χ0) is 12.8. The van der Waals surface area contributed by atoms with E-state index in [1.807, 2.05) is 6.92 Å². The summed E-state index contributed by atoms with van der Waals surface area (Å²) in [4.78, 5) is 6.59. The maximum Gasteiger partial charge on any atom is 0.193 e. The molecule has 0 atom stereocenters. The normalized spacial score (nSPS) is 11.7. The Morgan fingerprint density at radius 1 is 1.53 bits per heavy atom. The van der Waals surface area contributed by atoms with Crippen molar-refractivity contribution >= 4 is 21.9 Å².